The van der Waals surface area contributed by atoms with Gasteiger partial charge in [-0.2, -0.15) is 0 Å². The number of carbonyl (C=O) groups is 1. The van der Waals surface area contributed by atoms with Gasteiger partial charge in [-0.05, 0) is 57.8 Å². The van der Waals surface area contributed by atoms with Crippen LogP contribution in [0.15, 0.2) is 48.6 Å². The second-order valence-electron chi connectivity index (χ2n) is 18.0. The maximum Gasteiger partial charge on any atom is 0.220 e. The van der Waals surface area contributed by atoms with Crippen molar-refractivity contribution in [1.82, 2.24) is 5.32 Å². The van der Waals surface area contributed by atoms with Crippen LogP contribution in [-0.2, 0) is 14.3 Å². The molecule has 1 amide bonds. The molecule has 6 N–H and O–H groups in total. The number of aliphatic hydroxyl groups is 5. The first-order valence-electron chi connectivity index (χ1n) is 25.9. The minimum absolute atomic E-state index is 0.201. The number of ether oxygens (including phenoxy) is 2. The van der Waals surface area contributed by atoms with Gasteiger partial charge in [0.15, 0.2) is 6.29 Å². The minimum Gasteiger partial charge on any atom is -0.394 e. The third-order valence-electron chi connectivity index (χ3n) is 12.1. The van der Waals surface area contributed by atoms with Gasteiger partial charge in [-0.25, -0.2) is 0 Å². The van der Waals surface area contributed by atoms with Crippen molar-refractivity contribution in [2.45, 2.75) is 269 Å². The van der Waals surface area contributed by atoms with E-state index in [2.05, 4.69) is 55.6 Å². The quantitative estimate of drug-likeness (QED) is 0.0262. The zero-order valence-corrected chi connectivity index (χ0v) is 39.9. The molecular formula is C53H97NO8. The number of aliphatic hydroxyl groups excluding tert-OH is 5. The lowest BCUT2D eigenvalue weighted by atomic mass is 9.99. The molecule has 7 atom stereocenters. The summed E-state index contributed by atoms with van der Waals surface area (Å²) in [5.41, 5.74) is 0. The molecule has 0 bridgehead atoms. The molecule has 9 heteroatoms. The van der Waals surface area contributed by atoms with Crippen LogP contribution in [0.5, 0.6) is 0 Å². The van der Waals surface area contributed by atoms with Crippen LogP contribution in [0.4, 0.5) is 0 Å². The fourth-order valence-corrected chi connectivity index (χ4v) is 7.95. The van der Waals surface area contributed by atoms with E-state index in [0.29, 0.717) is 6.42 Å². The lowest BCUT2D eigenvalue weighted by Crippen LogP contribution is -2.60. The summed E-state index contributed by atoms with van der Waals surface area (Å²) in [4.78, 5) is 13.0. The van der Waals surface area contributed by atoms with E-state index in [0.717, 1.165) is 70.6 Å². The van der Waals surface area contributed by atoms with Crippen molar-refractivity contribution in [3.8, 4) is 0 Å². The number of carbonyl (C=O) groups excluding carboxylic acids is 1. The maximum atomic E-state index is 13.0. The molecule has 0 aromatic rings. The van der Waals surface area contributed by atoms with E-state index in [1.807, 2.05) is 6.08 Å². The van der Waals surface area contributed by atoms with Crippen molar-refractivity contribution in [1.29, 1.82) is 0 Å². The molecule has 0 radical (unpaired) electrons. The minimum atomic E-state index is -1.58. The van der Waals surface area contributed by atoms with Gasteiger partial charge in [0.2, 0.25) is 5.91 Å². The van der Waals surface area contributed by atoms with Gasteiger partial charge in [-0.3, -0.25) is 4.79 Å². The highest BCUT2D eigenvalue weighted by molar-refractivity contribution is 5.76. The van der Waals surface area contributed by atoms with Crippen LogP contribution in [0, 0.1) is 0 Å². The van der Waals surface area contributed by atoms with Crippen molar-refractivity contribution >= 4 is 5.91 Å². The Bertz CT molecular complexity index is 1110. The van der Waals surface area contributed by atoms with Gasteiger partial charge < -0.3 is 40.3 Å². The highest BCUT2D eigenvalue weighted by Crippen LogP contribution is 2.23. The summed E-state index contributed by atoms with van der Waals surface area (Å²) < 4.78 is 11.2. The van der Waals surface area contributed by atoms with E-state index < -0.39 is 49.5 Å². The van der Waals surface area contributed by atoms with E-state index in [4.69, 9.17) is 9.47 Å². The zero-order valence-electron chi connectivity index (χ0n) is 39.9. The number of nitrogens with one attached hydrogen (secondary N) is 1. The smallest absolute Gasteiger partial charge is 0.220 e. The topological polar surface area (TPSA) is 149 Å². The monoisotopic (exact) mass is 876 g/mol. The summed E-state index contributed by atoms with van der Waals surface area (Å²) in [5, 5.41) is 54.3. The Morgan fingerprint density at radius 2 is 0.984 bits per heavy atom. The van der Waals surface area contributed by atoms with Crippen molar-refractivity contribution in [3.63, 3.8) is 0 Å². The summed E-state index contributed by atoms with van der Waals surface area (Å²) in [6, 6.07) is -0.829. The average Bonchev–Trinajstić information content (AvgIpc) is 3.27. The zero-order chi connectivity index (χ0) is 45.1. The number of hydrogen-bond acceptors (Lipinski definition) is 8. The fourth-order valence-electron chi connectivity index (χ4n) is 7.95. The predicted octanol–water partition coefficient (Wildman–Crippen LogP) is 11.8. The van der Waals surface area contributed by atoms with Gasteiger partial charge in [0.1, 0.15) is 24.4 Å². The molecule has 1 saturated heterocycles. The van der Waals surface area contributed by atoms with Gasteiger partial charge in [-0.1, -0.05) is 210 Å². The largest absolute Gasteiger partial charge is 0.394 e. The second-order valence-corrected chi connectivity index (χ2v) is 18.0. The van der Waals surface area contributed by atoms with Gasteiger partial charge in [0.05, 0.1) is 25.4 Å². The van der Waals surface area contributed by atoms with Crippen LogP contribution in [0.1, 0.15) is 226 Å². The van der Waals surface area contributed by atoms with E-state index in [1.165, 1.54) is 135 Å². The average molecular weight is 876 g/mol. The van der Waals surface area contributed by atoms with Gasteiger partial charge >= 0.3 is 0 Å². The Kier molecular flexibility index (Phi) is 40.4. The van der Waals surface area contributed by atoms with E-state index in [9.17, 15) is 30.3 Å². The van der Waals surface area contributed by atoms with Crippen LogP contribution in [0.3, 0.4) is 0 Å². The van der Waals surface area contributed by atoms with E-state index in [1.54, 1.807) is 6.08 Å². The molecule has 62 heavy (non-hydrogen) atoms. The molecule has 9 nitrogen and oxygen atoms in total. The maximum absolute atomic E-state index is 13.0. The molecule has 0 aromatic heterocycles. The van der Waals surface area contributed by atoms with Crippen LogP contribution >= 0.6 is 0 Å². The van der Waals surface area contributed by atoms with E-state index >= 15 is 0 Å². The molecule has 0 spiro atoms. The van der Waals surface area contributed by atoms with Crippen molar-refractivity contribution in [3.05, 3.63) is 48.6 Å². The molecule has 0 aliphatic carbocycles. The van der Waals surface area contributed by atoms with Gasteiger partial charge in [-0.15, -0.1) is 0 Å². The van der Waals surface area contributed by atoms with Crippen LogP contribution in [-0.4, -0.2) is 87.5 Å². The molecule has 1 aliphatic rings. The second kappa shape index (κ2) is 43.1. The Morgan fingerprint density at radius 1 is 0.548 bits per heavy atom. The summed E-state index contributed by atoms with van der Waals surface area (Å²) in [7, 11) is 0. The highest BCUT2D eigenvalue weighted by atomic mass is 16.7. The van der Waals surface area contributed by atoms with E-state index in [-0.39, 0.29) is 12.5 Å². The van der Waals surface area contributed by atoms with Gasteiger partial charge in [0, 0.05) is 6.42 Å². The van der Waals surface area contributed by atoms with Crippen molar-refractivity contribution < 1.29 is 39.8 Å². The molecular weight excluding hydrogens is 779 g/mol. The highest BCUT2D eigenvalue weighted by Gasteiger charge is 2.44. The first-order chi connectivity index (χ1) is 30.3. The standard InChI is InChI=1S/C53H97NO8/c1-3-5-7-9-11-13-15-17-19-20-21-22-23-24-25-26-27-28-29-30-32-34-36-38-40-42-47(56)46(45-61-53-52(60)51(59)50(58)48(44-55)62-53)54-49(57)43-41-39-37-35-33-31-18-16-14-12-10-8-6-4-2/h10,12,16,18,32,34,40,42,46-48,50-53,55-56,58-60H,3-9,11,13-15,17,19-31,33,35-39,41,43-45H2,1-2H3,(H,54,57)/b12-10-,18-16-,34-32+,42-40+. The number of allylic oxidation sites excluding steroid dienone is 7. The molecule has 1 rings (SSSR count). The van der Waals surface area contributed by atoms with Crippen LogP contribution < -0.4 is 5.32 Å². The number of rotatable bonds is 43. The summed E-state index contributed by atoms with van der Waals surface area (Å²) >= 11 is 0. The molecule has 362 valence electrons. The van der Waals surface area contributed by atoms with Crippen molar-refractivity contribution in [2.75, 3.05) is 13.2 Å². The summed E-state index contributed by atoms with van der Waals surface area (Å²) in [5.74, 6) is -0.201. The molecule has 7 unspecified atom stereocenters. The summed E-state index contributed by atoms with van der Waals surface area (Å²) in [6.45, 7) is 3.72. The lowest BCUT2D eigenvalue weighted by Gasteiger charge is -2.40. The first-order valence-corrected chi connectivity index (χ1v) is 25.9. The Balaban J connectivity index is 2.29. The Hall–Kier alpha value is -1.85. The predicted molar refractivity (Wildman–Crippen MR) is 258 cm³/mol. The molecule has 1 aliphatic heterocycles. The number of amides is 1. The summed E-state index contributed by atoms with van der Waals surface area (Å²) in [6.07, 6.45) is 48.9. The molecule has 0 aromatic carbocycles. The number of hydrogen-bond donors (Lipinski definition) is 6. The van der Waals surface area contributed by atoms with Crippen molar-refractivity contribution in [2.24, 2.45) is 0 Å². The van der Waals surface area contributed by atoms with Gasteiger partial charge in [0.25, 0.3) is 0 Å². The van der Waals surface area contributed by atoms with Crippen LogP contribution in [0.25, 0.3) is 0 Å². The van der Waals surface area contributed by atoms with Crippen LogP contribution in [0.2, 0.25) is 0 Å². The fraction of sp³-hybridized carbons (Fsp3) is 0.830. The molecule has 0 saturated carbocycles. The normalized spacial score (nSPS) is 20.7. The third kappa shape index (κ3) is 32.8. The molecule has 1 heterocycles. The first kappa shape index (κ1) is 58.2. The Labute approximate surface area is 380 Å². The molecule has 1 fully saturated rings. The third-order valence-corrected chi connectivity index (χ3v) is 12.1. The SMILES string of the molecule is CCCC/C=C\C/C=C\CCCCCCCC(=O)NC(COC1OC(CO)C(O)C(O)C1O)C(O)/C=C/CC/C=C/CCCCCCCCCCCCCCCCCCCCC. The Morgan fingerprint density at radius 3 is 1.50 bits per heavy atom. The lowest BCUT2D eigenvalue weighted by molar-refractivity contribution is -0.302. The number of unbranched alkanes of at least 4 members (excludes halogenated alkanes) is 27.